The molecule has 8 nitrogen and oxygen atoms in total. The number of sulfonamides is 1. The van der Waals surface area contributed by atoms with Gasteiger partial charge in [-0.1, -0.05) is 35.9 Å². The van der Waals surface area contributed by atoms with Gasteiger partial charge in [0.2, 0.25) is 10.0 Å². The molecule has 1 amide bonds. The van der Waals surface area contributed by atoms with Gasteiger partial charge in [0.15, 0.2) is 11.5 Å². The van der Waals surface area contributed by atoms with E-state index in [-0.39, 0.29) is 6.61 Å². The first-order chi connectivity index (χ1) is 17.5. The fraction of sp³-hybridized carbons (Fsp3) is 0.231. The van der Waals surface area contributed by atoms with Crippen LogP contribution in [0.1, 0.15) is 22.3 Å². The van der Waals surface area contributed by atoms with Crippen molar-refractivity contribution >= 4 is 55.4 Å². The topological polar surface area (TPSA) is 97.3 Å². The summed E-state index contributed by atoms with van der Waals surface area (Å²) < 4.78 is 37.7. The molecule has 0 saturated heterocycles. The second-order valence-electron chi connectivity index (χ2n) is 8.25. The van der Waals surface area contributed by atoms with Crippen LogP contribution in [0.2, 0.25) is 5.02 Å². The van der Waals surface area contributed by atoms with Gasteiger partial charge < -0.3 is 9.47 Å². The lowest BCUT2D eigenvalue weighted by Crippen LogP contribution is -2.39. The summed E-state index contributed by atoms with van der Waals surface area (Å²) in [6.45, 7) is 3.63. The van der Waals surface area contributed by atoms with Gasteiger partial charge in [0.05, 0.1) is 29.7 Å². The normalized spacial score (nSPS) is 11.4. The maximum atomic E-state index is 12.5. The van der Waals surface area contributed by atoms with Gasteiger partial charge in [-0.2, -0.15) is 5.10 Å². The van der Waals surface area contributed by atoms with E-state index in [9.17, 15) is 13.2 Å². The van der Waals surface area contributed by atoms with Gasteiger partial charge in [-0.3, -0.25) is 9.10 Å². The summed E-state index contributed by atoms with van der Waals surface area (Å²) >= 11 is 9.69. The van der Waals surface area contributed by atoms with E-state index in [0.29, 0.717) is 32.2 Å². The Balaban J connectivity index is 1.69. The first-order valence-corrected chi connectivity index (χ1v) is 14.1. The van der Waals surface area contributed by atoms with E-state index in [1.807, 2.05) is 38.1 Å². The molecule has 0 aliphatic heterocycles. The Morgan fingerprint density at radius 1 is 1.14 bits per heavy atom. The lowest BCUT2D eigenvalue weighted by Gasteiger charge is -2.22. The molecule has 0 bridgehead atoms. The van der Waals surface area contributed by atoms with Crippen molar-refractivity contribution in [3.05, 3.63) is 86.3 Å². The van der Waals surface area contributed by atoms with Crippen LogP contribution in [-0.2, 0) is 21.4 Å². The summed E-state index contributed by atoms with van der Waals surface area (Å²) in [7, 11) is -2.18. The van der Waals surface area contributed by atoms with Crippen LogP contribution in [0, 0.1) is 13.8 Å². The molecule has 0 saturated carbocycles. The second-order valence-corrected chi connectivity index (χ2v) is 11.4. The molecule has 0 spiro atoms. The third-order valence-electron chi connectivity index (χ3n) is 5.45. The lowest BCUT2D eigenvalue weighted by molar-refractivity contribution is -0.119. The Hall–Kier alpha value is -3.08. The highest BCUT2D eigenvalue weighted by Crippen LogP contribution is 2.37. The van der Waals surface area contributed by atoms with Crippen LogP contribution in [0.4, 0.5) is 5.69 Å². The number of aryl methyl sites for hydroxylation is 2. The van der Waals surface area contributed by atoms with Crippen molar-refractivity contribution in [1.82, 2.24) is 5.43 Å². The first-order valence-electron chi connectivity index (χ1n) is 11.1. The standard InChI is InChI=1S/C26H27BrClN3O5S/c1-17-9-10-21(11-18(17)2)31(37(4,33)34)15-25(32)30-29-14-19-12-22(27)26(24(13-19)35-3)36-16-20-7-5-6-8-23(20)28/h5-14H,15-16H2,1-4H3,(H,30,32)/b29-14-. The number of halogens is 2. The maximum absolute atomic E-state index is 12.5. The van der Waals surface area contributed by atoms with E-state index in [1.165, 1.54) is 13.3 Å². The summed E-state index contributed by atoms with van der Waals surface area (Å²) in [4.78, 5) is 12.5. The molecular weight excluding hydrogens is 582 g/mol. The van der Waals surface area contributed by atoms with Gasteiger partial charge in [-0.05, 0) is 76.8 Å². The molecule has 0 aliphatic carbocycles. The summed E-state index contributed by atoms with van der Waals surface area (Å²) in [5.74, 6) is 0.346. The van der Waals surface area contributed by atoms with Crippen molar-refractivity contribution in [3.8, 4) is 11.5 Å². The molecule has 0 unspecified atom stereocenters. The van der Waals surface area contributed by atoms with Crippen molar-refractivity contribution in [3.63, 3.8) is 0 Å². The molecule has 0 radical (unpaired) electrons. The van der Waals surface area contributed by atoms with Gasteiger partial charge in [0.25, 0.3) is 5.91 Å². The predicted molar refractivity (Wildman–Crippen MR) is 150 cm³/mol. The molecule has 0 fully saturated rings. The molecule has 3 aromatic rings. The fourth-order valence-electron chi connectivity index (χ4n) is 3.35. The Morgan fingerprint density at radius 2 is 1.86 bits per heavy atom. The molecule has 37 heavy (non-hydrogen) atoms. The van der Waals surface area contributed by atoms with E-state index < -0.39 is 22.5 Å². The predicted octanol–water partition coefficient (Wildman–Crippen LogP) is 5.22. The smallest absolute Gasteiger partial charge is 0.260 e. The number of carbonyl (C=O) groups is 1. The number of rotatable bonds is 10. The van der Waals surface area contributed by atoms with Crippen LogP contribution < -0.4 is 19.2 Å². The van der Waals surface area contributed by atoms with Crippen LogP contribution in [0.25, 0.3) is 0 Å². The molecule has 3 aromatic carbocycles. The number of hydrogen-bond donors (Lipinski definition) is 1. The number of nitrogens with zero attached hydrogens (tertiary/aromatic N) is 2. The van der Waals surface area contributed by atoms with Gasteiger partial charge in [0, 0.05) is 10.6 Å². The quantitative estimate of drug-likeness (QED) is 0.251. The molecule has 0 heterocycles. The summed E-state index contributed by atoms with van der Waals surface area (Å²) in [5.41, 5.74) is 6.17. The SMILES string of the molecule is COc1cc(/C=N\NC(=O)CN(c2ccc(C)c(C)c2)S(C)(=O)=O)cc(Br)c1OCc1ccccc1Cl. The number of anilines is 1. The minimum Gasteiger partial charge on any atom is -0.493 e. The number of amides is 1. The number of methoxy groups -OCH3 is 1. The van der Waals surface area contributed by atoms with Crippen LogP contribution in [-0.4, -0.2) is 40.4 Å². The van der Waals surface area contributed by atoms with Gasteiger partial charge in [0.1, 0.15) is 13.2 Å². The number of nitrogens with one attached hydrogen (secondary N) is 1. The molecule has 196 valence electrons. The average molecular weight is 609 g/mol. The highest BCUT2D eigenvalue weighted by molar-refractivity contribution is 9.10. The van der Waals surface area contributed by atoms with Gasteiger partial charge in [-0.25, -0.2) is 13.8 Å². The van der Waals surface area contributed by atoms with E-state index in [2.05, 4.69) is 26.5 Å². The molecule has 0 aromatic heterocycles. The maximum Gasteiger partial charge on any atom is 0.260 e. The van der Waals surface area contributed by atoms with Crippen LogP contribution in [0.5, 0.6) is 11.5 Å². The fourth-order valence-corrected chi connectivity index (χ4v) is 4.96. The Labute approximate surface area is 230 Å². The lowest BCUT2D eigenvalue weighted by atomic mass is 10.1. The molecular formula is C26H27BrClN3O5S. The van der Waals surface area contributed by atoms with Crippen molar-refractivity contribution in [1.29, 1.82) is 0 Å². The number of benzene rings is 3. The summed E-state index contributed by atoms with van der Waals surface area (Å²) in [5, 5.41) is 4.57. The largest absolute Gasteiger partial charge is 0.493 e. The zero-order chi connectivity index (χ0) is 27.2. The van der Waals surface area contributed by atoms with E-state index in [1.54, 1.807) is 30.3 Å². The van der Waals surface area contributed by atoms with E-state index in [0.717, 1.165) is 27.3 Å². The minimum absolute atomic E-state index is 0.246. The number of carbonyl (C=O) groups excluding carboxylic acids is 1. The number of ether oxygens (including phenoxy) is 2. The van der Waals surface area contributed by atoms with Crippen LogP contribution >= 0.6 is 27.5 Å². The Morgan fingerprint density at radius 3 is 2.51 bits per heavy atom. The third kappa shape index (κ3) is 7.70. The molecule has 1 N–H and O–H groups in total. The monoisotopic (exact) mass is 607 g/mol. The molecule has 0 atom stereocenters. The number of hydrazone groups is 1. The zero-order valence-electron chi connectivity index (χ0n) is 20.8. The average Bonchev–Trinajstić information content (AvgIpc) is 2.83. The van der Waals surface area contributed by atoms with Crippen LogP contribution in [0.15, 0.2) is 64.2 Å². The van der Waals surface area contributed by atoms with Crippen molar-refractivity contribution in [2.45, 2.75) is 20.5 Å². The van der Waals surface area contributed by atoms with Crippen molar-refractivity contribution in [2.24, 2.45) is 5.10 Å². The highest BCUT2D eigenvalue weighted by atomic mass is 79.9. The molecule has 3 rings (SSSR count). The van der Waals surface area contributed by atoms with E-state index >= 15 is 0 Å². The molecule has 11 heteroatoms. The first kappa shape index (κ1) is 28.5. The van der Waals surface area contributed by atoms with Crippen molar-refractivity contribution in [2.75, 3.05) is 24.2 Å². The van der Waals surface area contributed by atoms with Gasteiger partial charge >= 0.3 is 0 Å². The number of hydrogen-bond acceptors (Lipinski definition) is 6. The van der Waals surface area contributed by atoms with Crippen molar-refractivity contribution < 1.29 is 22.7 Å². The second kappa shape index (κ2) is 12.4. The minimum atomic E-state index is -3.69. The highest BCUT2D eigenvalue weighted by Gasteiger charge is 2.21. The van der Waals surface area contributed by atoms with Gasteiger partial charge in [-0.15, -0.1) is 0 Å². The Bertz CT molecular complexity index is 1430. The molecule has 0 aliphatic rings. The summed E-state index contributed by atoms with van der Waals surface area (Å²) in [6.07, 6.45) is 2.47. The van der Waals surface area contributed by atoms with E-state index in [4.69, 9.17) is 21.1 Å². The zero-order valence-corrected chi connectivity index (χ0v) is 23.9. The van der Waals surface area contributed by atoms with Crippen LogP contribution in [0.3, 0.4) is 0 Å². The summed E-state index contributed by atoms with van der Waals surface area (Å²) in [6, 6.07) is 16.0. The third-order valence-corrected chi connectivity index (χ3v) is 7.55. The Kier molecular flexibility index (Phi) is 9.58.